The number of amides is 1. The number of nitrogens with zero attached hydrogens (tertiary/aromatic N) is 2. The second-order valence-corrected chi connectivity index (χ2v) is 8.31. The van der Waals surface area contributed by atoms with Crippen LogP contribution in [-0.2, 0) is 16.0 Å². The van der Waals surface area contributed by atoms with Crippen molar-refractivity contribution in [2.75, 3.05) is 41.4 Å². The zero-order valence-electron chi connectivity index (χ0n) is 19.9. The number of benzene rings is 2. The van der Waals surface area contributed by atoms with Crippen molar-refractivity contribution >= 4 is 17.4 Å². The van der Waals surface area contributed by atoms with Crippen molar-refractivity contribution in [3.8, 4) is 11.5 Å². The van der Waals surface area contributed by atoms with Gasteiger partial charge in [-0.05, 0) is 56.7 Å². The molecule has 0 bridgehead atoms. The van der Waals surface area contributed by atoms with Gasteiger partial charge in [0.05, 0.1) is 31.4 Å². The van der Waals surface area contributed by atoms with Crippen LogP contribution >= 0.6 is 0 Å². The number of hydrogen-bond acceptors (Lipinski definition) is 6. The molecule has 1 unspecified atom stereocenters. The molecule has 1 heterocycles. The highest BCUT2D eigenvalue weighted by Gasteiger charge is 2.46. The van der Waals surface area contributed by atoms with Gasteiger partial charge in [0.2, 0.25) is 0 Å². The van der Waals surface area contributed by atoms with E-state index in [-0.39, 0.29) is 11.3 Å². The highest BCUT2D eigenvalue weighted by molar-refractivity contribution is 6.46. The first kappa shape index (κ1) is 24.3. The Bertz CT molecular complexity index is 1040. The summed E-state index contributed by atoms with van der Waals surface area (Å²) in [5, 5.41) is 11.3. The predicted molar refractivity (Wildman–Crippen MR) is 128 cm³/mol. The second-order valence-electron chi connectivity index (χ2n) is 8.31. The number of ketones is 1. The number of hydrogen-bond donors (Lipinski definition) is 1. The fourth-order valence-corrected chi connectivity index (χ4v) is 4.09. The number of aliphatic hydroxyl groups is 1. The van der Waals surface area contributed by atoms with E-state index in [0.717, 1.165) is 24.1 Å². The first-order chi connectivity index (χ1) is 15.8. The Kier molecular flexibility index (Phi) is 7.76. The Morgan fingerprint density at radius 1 is 1.06 bits per heavy atom. The normalized spacial score (nSPS) is 17.6. The minimum atomic E-state index is -0.695. The van der Waals surface area contributed by atoms with E-state index < -0.39 is 17.7 Å². The Hall–Kier alpha value is -3.32. The summed E-state index contributed by atoms with van der Waals surface area (Å²) >= 11 is 0. The number of Topliss-reactive ketones (excluding diaryl/α,β-unsaturated/α-hetero) is 1. The molecule has 2 aromatic carbocycles. The summed E-state index contributed by atoms with van der Waals surface area (Å²) in [7, 11) is 6.94. The zero-order valence-corrected chi connectivity index (χ0v) is 19.9. The van der Waals surface area contributed by atoms with Gasteiger partial charge in [-0.2, -0.15) is 0 Å². The lowest BCUT2D eigenvalue weighted by atomic mass is 9.94. The smallest absolute Gasteiger partial charge is 0.295 e. The van der Waals surface area contributed by atoms with Crippen molar-refractivity contribution in [1.82, 2.24) is 9.80 Å². The standard InChI is InChI=1S/C26H32N2O5/c1-6-17-8-10-18(11-9-17)23-22(25(30)26(31)28(23)15-7-14-27(2)3)24(29)20-13-12-19(32-4)16-21(20)33-5/h8-13,16,23,29H,6-7,14-15H2,1-5H3/b24-22-. The molecule has 0 saturated carbocycles. The van der Waals surface area contributed by atoms with E-state index in [9.17, 15) is 14.7 Å². The van der Waals surface area contributed by atoms with Crippen molar-refractivity contribution in [1.29, 1.82) is 0 Å². The Balaban J connectivity index is 2.13. The van der Waals surface area contributed by atoms with E-state index in [0.29, 0.717) is 30.0 Å². The second kappa shape index (κ2) is 10.5. The third kappa shape index (κ3) is 5.03. The molecular formula is C26H32N2O5. The number of carbonyl (C=O) groups excluding carboxylic acids is 2. The molecule has 3 rings (SSSR count). The number of aryl methyl sites for hydroxylation is 1. The topological polar surface area (TPSA) is 79.3 Å². The Morgan fingerprint density at radius 3 is 2.33 bits per heavy atom. The van der Waals surface area contributed by atoms with Crippen LogP contribution in [-0.4, -0.2) is 68.0 Å². The van der Waals surface area contributed by atoms with Gasteiger partial charge in [-0.1, -0.05) is 31.2 Å². The number of ether oxygens (including phenoxy) is 2. The molecule has 0 aliphatic carbocycles. The van der Waals surface area contributed by atoms with Crippen molar-refractivity contribution in [2.45, 2.75) is 25.8 Å². The molecular weight excluding hydrogens is 420 g/mol. The average Bonchev–Trinajstić information content (AvgIpc) is 3.08. The molecule has 1 aliphatic heterocycles. The van der Waals surface area contributed by atoms with E-state index in [1.807, 2.05) is 43.3 Å². The van der Waals surface area contributed by atoms with Gasteiger partial charge >= 0.3 is 0 Å². The van der Waals surface area contributed by atoms with Crippen LogP contribution in [0, 0.1) is 0 Å². The van der Waals surface area contributed by atoms with Crippen LogP contribution in [0.4, 0.5) is 0 Å². The third-order valence-corrected chi connectivity index (χ3v) is 5.91. The van der Waals surface area contributed by atoms with Gasteiger partial charge in [-0.3, -0.25) is 9.59 Å². The van der Waals surface area contributed by atoms with Gasteiger partial charge in [0.1, 0.15) is 17.3 Å². The lowest BCUT2D eigenvalue weighted by molar-refractivity contribution is -0.139. The first-order valence-electron chi connectivity index (χ1n) is 11.1. The van der Waals surface area contributed by atoms with Crippen LogP contribution in [0.2, 0.25) is 0 Å². The average molecular weight is 453 g/mol. The molecule has 1 saturated heterocycles. The van der Waals surface area contributed by atoms with E-state index >= 15 is 0 Å². The van der Waals surface area contributed by atoms with Crippen LogP contribution in [0.3, 0.4) is 0 Å². The van der Waals surface area contributed by atoms with Crippen LogP contribution in [0.5, 0.6) is 11.5 Å². The lowest BCUT2D eigenvalue weighted by Crippen LogP contribution is -2.32. The minimum absolute atomic E-state index is 0.0672. The zero-order chi connectivity index (χ0) is 24.1. The van der Waals surface area contributed by atoms with Crippen LogP contribution < -0.4 is 9.47 Å². The predicted octanol–water partition coefficient (Wildman–Crippen LogP) is 3.64. The third-order valence-electron chi connectivity index (χ3n) is 5.91. The van der Waals surface area contributed by atoms with Crippen molar-refractivity contribution in [2.24, 2.45) is 0 Å². The highest BCUT2D eigenvalue weighted by atomic mass is 16.5. The maximum atomic E-state index is 13.2. The molecule has 0 aromatic heterocycles. The summed E-state index contributed by atoms with van der Waals surface area (Å²) in [6.07, 6.45) is 1.59. The van der Waals surface area contributed by atoms with Gasteiger partial charge < -0.3 is 24.4 Å². The molecule has 33 heavy (non-hydrogen) atoms. The molecule has 1 N–H and O–H groups in total. The number of likely N-dealkylation sites (tertiary alicyclic amines) is 1. The maximum absolute atomic E-state index is 13.2. The maximum Gasteiger partial charge on any atom is 0.295 e. The van der Waals surface area contributed by atoms with Gasteiger partial charge in [-0.25, -0.2) is 0 Å². The van der Waals surface area contributed by atoms with Gasteiger partial charge in [0, 0.05) is 12.6 Å². The Labute approximate surface area is 195 Å². The lowest BCUT2D eigenvalue weighted by Gasteiger charge is -2.26. The SMILES string of the molecule is CCc1ccc(C2/C(=C(/O)c3ccc(OC)cc3OC)C(=O)C(=O)N2CCCN(C)C)cc1. The minimum Gasteiger partial charge on any atom is -0.507 e. The van der Waals surface area contributed by atoms with Crippen LogP contribution in [0.15, 0.2) is 48.0 Å². The summed E-state index contributed by atoms with van der Waals surface area (Å²) in [5.41, 5.74) is 2.34. The summed E-state index contributed by atoms with van der Waals surface area (Å²) in [5.74, 6) is -0.648. The van der Waals surface area contributed by atoms with Gasteiger partial charge in [0.25, 0.3) is 11.7 Å². The van der Waals surface area contributed by atoms with Gasteiger partial charge in [0.15, 0.2) is 0 Å². The Morgan fingerprint density at radius 2 is 1.76 bits per heavy atom. The molecule has 0 spiro atoms. The number of carbonyl (C=O) groups is 2. The molecule has 7 heteroatoms. The number of aliphatic hydroxyl groups excluding tert-OH is 1. The molecule has 176 valence electrons. The summed E-state index contributed by atoms with van der Waals surface area (Å²) in [4.78, 5) is 29.8. The molecule has 2 aromatic rings. The van der Waals surface area contributed by atoms with Gasteiger partial charge in [-0.15, -0.1) is 0 Å². The molecule has 1 atom stereocenters. The first-order valence-corrected chi connectivity index (χ1v) is 11.1. The summed E-state index contributed by atoms with van der Waals surface area (Å²) in [6.45, 7) is 3.24. The summed E-state index contributed by atoms with van der Waals surface area (Å²) < 4.78 is 10.7. The fraction of sp³-hybridized carbons (Fsp3) is 0.385. The van der Waals surface area contributed by atoms with Crippen molar-refractivity contribution in [3.05, 3.63) is 64.7 Å². The van der Waals surface area contributed by atoms with Crippen molar-refractivity contribution in [3.63, 3.8) is 0 Å². The fourth-order valence-electron chi connectivity index (χ4n) is 4.09. The number of rotatable bonds is 9. The van der Waals surface area contributed by atoms with Crippen molar-refractivity contribution < 1.29 is 24.2 Å². The monoisotopic (exact) mass is 452 g/mol. The van der Waals surface area contributed by atoms with E-state index in [4.69, 9.17) is 9.47 Å². The highest BCUT2D eigenvalue weighted by Crippen LogP contribution is 2.41. The molecule has 0 radical (unpaired) electrons. The van der Waals surface area contributed by atoms with Crippen LogP contribution in [0.1, 0.15) is 36.1 Å². The van der Waals surface area contributed by atoms with E-state index in [1.54, 1.807) is 23.1 Å². The number of methoxy groups -OCH3 is 2. The molecule has 1 fully saturated rings. The molecule has 1 aliphatic rings. The molecule has 7 nitrogen and oxygen atoms in total. The van der Waals surface area contributed by atoms with E-state index in [2.05, 4.69) is 6.92 Å². The van der Waals surface area contributed by atoms with E-state index in [1.165, 1.54) is 14.2 Å². The molecule has 1 amide bonds. The largest absolute Gasteiger partial charge is 0.507 e. The quantitative estimate of drug-likeness (QED) is 0.356. The summed E-state index contributed by atoms with van der Waals surface area (Å²) in [6, 6.07) is 12.1. The van der Waals surface area contributed by atoms with Crippen LogP contribution in [0.25, 0.3) is 5.76 Å².